The van der Waals surface area contributed by atoms with E-state index in [9.17, 15) is 0 Å². The zero-order valence-electron chi connectivity index (χ0n) is 19.8. The Kier molecular flexibility index (Phi) is 7.69. The summed E-state index contributed by atoms with van der Waals surface area (Å²) in [7, 11) is 0. The second kappa shape index (κ2) is 11.3. The van der Waals surface area contributed by atoms with E-state index < -0.39 is 0 Å². The fraction of sp³-hybridized carbons (Fsp3) is 0.370. The van der Waals surface area contributed by atoms with Crippen LogP contribution in [0.5, 0.6) is 0 Å². The molecule has 0 bridgehead atoms. The lowest BCUT2D eigenvalue weighted by atomic mass is 9.94. The number of imidazole rings is 1. The molecule has 5 rings (SSSR count). The molecule has 0 radical (unpaired) electrons. The summed E-state index contributed by atoms with van der Waals surface area (Å²) in [4.78, 5) is 16.8. The Morgan fingerprint density at radius 2 is 1.94 bits per heavy atom. The van der Waals surface area contributed by atoms with Crippen molar-refractivity contribution in [2.75, 3.05) is 39.4 Å². The van der Waals surface area contributed by atoms with Crippen LogP contribution in [0.2, 0.25) is 5.02 Å². The molecule has 7 nitrogen and oxygen atoms in total. The first-order valence-corrected chi connectivity index (χ1v) is 12.6. The summed E-state index contributed by atoms with van der Waals surface area (Å²) in [6.45, 7) is 5.26. The van der Waals surface area contributed by atoms with Crippen LogP contribution in [-0.4, -0.2) is 63.6 Å². The summed E-state index contributed by atoms with van der Waals surface area (Å²) in [5.74, 6) is 0.154. The third-order valence-electron chi connectivity index (χ3n) is 6.62. The second-order valence-corrected chi connectivity index (χ2v) is 9.41. The van der Waals surface area contributed by atoms with Gasteiger partial charge in [-0.25, -0.2) is 4.98 Å². The minimum absolute atomic E-state index is 0.154. The normalized spacial score (nSPS) is 15.5. The average molecular weight is 491 g/mol. The van der Waals surface area contributed by atoms with Crippen molar-refractivity contribution < 1.29 is 4.74 Å². The molecule has 1 aliphatic heterocycles. The van der Waals surface area contributed by atoms with Crippen LogP contribution in [0.15, 0.2) is 61.1 Å². The van der Waals surface area contributed by atoms with E-state index in [4.69, 9.17) is 32.0 Å². The van der Waals surface area contributed by atoms with Crippen molar-refractivity contribution in [3.05, 3.63) is 83.0 Å². The van der Waals surface area contributed by atoms with Crippen molar-refractivity contribution in [3.63, 3.8) is 0 Å². The lowest BCUT2D eigenvalue weighted by molar-refractivity contribution is 0.0374. The number of aromatic nitrogens is 4. The minimum Gasteiger partial charge on any atom is -0.379 e. The average Bonchev–Trinajstić information content (AvgIpc) is 3.33. The van der Waals surface area contributed by atoms with Crippen molar-refractivity contribution in [3.8, 4) is 11.4 Å². The van der Waals surface area contributed by atoms with Gasteiger partial charge in [0.25, 0.3) is 0 Å². The van der Waals surface area contributed by atoms with Crippen LogP contribution < -0.4 is 5.73 Å². The Morgan fingerprint density at radius 1 is 1.09 bits per heavy atom. The lowest BCUT2D eigenvalue weighted by Gasteiger charge is -2.26. The standard InChI is InChI=1S/C27H31ClN6O/c28-22-5-1-4-20(16-22)21(18-29)17-23-6-2-7-24(32-23)26-19-31-27-25(30-9-11-34(26)27)8-3-10-33-12-14-35-15-13-33/h1-2,4-7,9,11,16,19,21H,3,8,10,12-15,17-18,29H2. The van der Waals surface area contributed by atoms with E-state index in [1.165, 1.54) is 0 Å². The SMILES string of the molecule is NCC(Cc1cccc(-c2cnc3c(CCCN4CCOCC4)nccn23)n1)c1cccc(Cl)c1. The third kappa shape index (κ3) is 5.70. The van der Waals surface area contributed by atoms with E-state index in [2.05, 4.69) is 26.4 Å². The molecule has 0 spiro atoms. The Morgan fingerprint density at radius 3 is 2.77 bits per heavy atom. The summed E-state index contributed by atoms with van der Waals surface area (Å²) in [6.07, 6.45) is 8.40. The molecule has 0 saturated carbocycles. The molecule has 0 amide bonds. The summed E-state index contributed by atoms with van der Waals surface area (Å²) in [5, 5.41) is 0.725. The Labute approximate surface area is 210 Å². The maximum Gasteiger partial charge on any atom is 0.159 e. The van der Waals surface area contributed by atoms with Crippen LogP contribution in [0.1, 0.15) is 29.3 Å². The predicted octanol–water partition coefficient (Wildman–Crippen LogP) is 3.99. The van der Waals surface area contributed by atoms with Gasteiger partial charge in [0.15, 0.2) is 5.65 Å². The van der Waals surface area contributed by atoms with Crippen LogP contribution in [0.3, 0.4) is 0 Å². The molecule has 35 heavy (non-hydrogen) atoms. The maximum atomic E-state index is 6.20. The van der Waals surface area contributed by atoms with Crippen LogP contribution in [0.4, 0.5) is 0 Å². The minimum atomic E-state index is 0.154. The third-order valence-corrected chi connectivity index (χ3v) is 6.86. The quantitative estimate of drug-likeness (QED) is 0.382. The van der Waals surface area contributed by atoms with Gasteiger partial charge in [-0.15, -0.1) is 0 Å². The molecule has 0 aliphatic carbocycles. The highest BCUT2D eigenvalue weighted by Crippen LogP contribution is 2.25. The molecule has 4 aromatic rings. The number of nitrogens with two attached hydrogens (primary N) is 1. The van der Waals surface area contributed by atoms with Crippen LogP contribution in [0.25, 0.3) is 17.0 Å². The Balaban J connectivity index is 1.33. The van der Waals surface area contributed by atoms with Gasteiger partial charge in [0.05, 0.1) is 36.5 Å². The highest BCUT2D eigenvalue weighted by Gasteiger charge is 2.16. The number of morpholine rings is 1. The molecule has 1 unspecified atom stereocenters. The first-order valence-electron chi connectivity index (χ1n) is 12.2. The summed E-state index contributed by atoms with van der Waals surface area (Å²) < 4.78 is 7.54. The summed E-state index contributed by atoms with van der Waals surface area (Å²) >= 11 is 6.20. The van der Waals surface area contributed by atoms with Gasteiger partial charge >= 0.3 is 0 Å². The van der Waals surface area contributed by atoms with Gasteiger partial charge in [-0.2, -0.15) is 0 Å². The van der Waals surface area contributed by atoms with E-state index in [0.717, 1.165) is 91.1 Å². The van der Waals surface area contributed by atoms with Gasteiger partial charge in [0.2, 0.25) is 0 Å². The van der Waals surface area contributed by atoms with Crippen molar-refractivity contribution >= 4 is 17.2 Å². The predicted molar refractivity (Wildman–Crippen MR) is 139 cm³/mol. The molecular weight excluding hydrogens is 460 g/mol. The fourth-order valence-electron chi connectivity index (χ4n) is 4.72. The first-order chi connectivity index (χ1) is 17.2. The summed E-state index contributed by atoms with van der Waals surface area (Å²) in [5.41, 5.74) is 12.0. The molecule has 4 heterocycles. The van der Waals surface area contributed by atoms with Gasteiger partial charge in [-0.1, -0.05) is 29.8 Å². The molecule has 1 atom stereocenters. The van der Waals surface area contributed by atoms with Gasteiger partial charge in [0, 0.05) is 42.1 Å². The molecule has 1 fully saturated rings. The van der Waals surface area contributed by atoms with E-state index in [1.807, 2.05) is 48.9 Å². The van der Waals surface area contributed by atoms with Gasteiger partial charge < -0.3 is 10.5 Å². The zero-order chi connectivity index (χ0) is 24.0. The smallest absolute Gasteiger partial charge is 0.159 e. The Hall–Kier alpha value is -2.84. The van der Waals surface area contributed by atoms with E-state index in [0.29, 0.717) is 6.54 Å². The number of ether oxygens (including phenoxy) is 1. The van der Waals surface area contributed by atoms with Gasteiger partial charge in [-0.3, -0.25) is 19.3 Å². The van der Waals surface area contributed by atoms with Crippen molar-refractivity contribution in [2.45, 2.75) is 25.2 Å². The number of aryl methyl sites for hydroxylation is 1. The second-order valence-electron chi connectivity index (χ2n) is 8.97. The van der Waals surface area contributed by atoms with Gasteiger partial charge in [-0.05, 0) is 62.2 Å². The number of hydrogen-bond donors (Lipinski definition) is 1. The number of halogens is 1. The number of benzene rings is 1. The van der Waals surface area contributed by atoms with Crippen molar-refractivity contribution in [1.82, 2.24) is 24.3 Å². The molecule has 3 aromatic heterocycles. The van der Waals surface area contributed by atoms with Crippen molar-refractivity contribution in [1.29, 1.82) is 0 Å². The fourth-order valence-corrected chi connectivity index (χ4v) is 4.92. The first kappa shape index (κ1) is 23.9. The molecule has 2 N–H and O–H groups in total. The van der Waals surface area contributed by atoms with Crippen molar-refractivity contribution in [2.24, 2.45) is 5.73 Å². The van der Waals surface area contributed by atoms with Crippen LogP contribution >= 0.6 is 11.6 Å². The maximum absolute atomic E-state index is 6.20. The topological polar surface area (TPSA) is 81.6 Å². The monoisotopic (exact) mass is 490 g/mol. The molecule has 1 aromatic carbocycles. The summed E-state index contributed by atoms with van der Waals surface area (Å²) in [6, 6.07) is 14.0. The molecule has 182 valence electrons. The number of nitrogens with zero attached hydrogens (tertiary/aromatic N) is 5. The molecular formula is C27H31ClN6O. The zero-order valence-corrected chi connectivity index (χ0v) is 20.6. The van der Waals surface area contributed by atoms with Crippen LogP contribution in [-0.2, 0) is 17.6 Å². The van der Waals surface area contributed by atoms with E-state index in [-0.39, 0.29) is 5.92 Å². The number of rotatable bonds is 9. The molecule has 8 heteroatoms. The molecule has 1 saturated heterocycles. The number of fused-ring (bicyclic) bond motifs is 1. The van der Waals surface area contributed by atoms with E-state index in [1.54, 1.807) is 0 Å². The van der Waals surface area contributed by atoms with Crippen LogP contribution in [0, 0.1) is 0 Å². The lowest BCUT2D eigenvalue weighted by Crippen LogP contribution is -2.37. The van der Waals surface area contributed by atoms with E-state index >= 15 is 0 Å². The number of pyridine rings is 1. The highest BCUT2D eigenvalue weighted by atomic mass is 35.5. The Bertz CT molecular complexity index is 1270. The largest absolute Gasteiger partial charge is 0.379 e. The number of hydrogen-bond acceptors (Lipinski definition) is 6. The van der Waals surface area contributed by atoms with Gasteiger partial charge in [0.1, 0.15) is 0 Å². The highest BCUT2D eigenvalue weighted by molar-refractivity contribution is 6.30. The molecule has 1 aliphatic rings.